The summed E-state index contributed by atoms with van der Waals surface area (Å²) in [4.78, 5) is 15.8. The third-order valence-corrected chi connectivity index (χ3v) is 3.22. The van der Waals surface area contributed by atoms with E-state index in [9.17, 15) is 4.79 Å². The van der Waals surface area contributed by atoms with Crippen LogP contribution in [0.2, 0.25) is 0 Å². The second-order valence-electron chi connectivity index (χ2n) is 4.43. The molecule has 2 N–H and O–H groups in total. The fourth-order valence-corrected chi connectivity index (χ4v) is 2.47. The normalized spacial score (nSPS) is 31.9. The Balaban J connectivity index is 1.65. The molecule has 6 heteroatoms. The molecule has 86 valence electrons. The van der Waals surface area contributed by atoms with Gasteiger partial charge in [-0.15, -0.1) is 5.10 Å². The number of rotatable bonds is 2. The van der Waals surface area contributed by atoms with Crippen LogP contribution in [-0.2, 0) is 4.74 Å². The number of nitrogens with zero attached hydrogens (tertiary/aromatic N) is 2. The molecular formula is C10H14N4O2. The molecule has 2 fully saturated rings. The number of H-pyrrole nitrogens is 1. The first-order valence-electron chi connectivity index (χ1n) is 5.57. The minimum Gasteiger partial charge on any atom is -0.373 e. The van der Waals surface area contributed by atoms with Gasteiger partial charge in [0.25, 0.3) is 5.91 Å². The molecule has 2 aliphatic heterocycles. The number of carbonyl (C=O) groups is 1. The van der Waals surface area contributed by atoms with Crippen molar-refractivity contribution in [3.8, 4) is 0 Å². The minimum atomic E-state index is -0.217. The molecule has 3 atom stereocenters. The first-order valence-corrected chi connectivity index (χ1v) is 5.57. The molecule has 2 aliphatic rings. The van der Waals surface area contributed by atoms with Crippen LogP contribution in [0.25, 0.3) is 0 Å². The standard InChI is InChI=1S/C10H14N4O2/c1-5-11-9(14-13-5)10(15)12-7-4-6-2-3-8(7)16-6/h6-8H,2-4H2,1H3,(H,12,15)(H,11,13,14). The maximum absolute atomic E-state index is 11.8. The maximum atomic E-state index is 11.8. The Hall–Kier alpha value is -1.43. The van der Waals surface area contributed by atoms with Gasteiger partial charge in [-0.05, 0) is 26.2 Å². The van der Waals surface area contributed by atoms with Crippen molar-refractivity contribution in [3.63, 3.8) is 0 Å². The van der Waals surface area contributed by atoms with Crippen LogP contribution in [0, 0.1) is 6.92 Å². The smallest absolute Gasteiger partial charge is 0.291 e. The van der Waals surface area contributed by atoms with Gasteiger partial charge in [-0.25, -0.2) is 4.98 Å². The number of nitrogens with one attached hydrogen (secondary N) is 2. The topological polar surface area (TPSA) is 79.9 Å². The van der Waals surface area contributed by atoms with Gasteiger partial charge in [-0.3, -0.25) is 9.89 Å². The van der Waals surface area contributed by atoms with Gasteiger partial charge >= 0.3 is 0 Å². The summed E-state index contributed by atoms with van der Waals surface area (Å²) in [5, 5.41) is 9.42. The van der Waals surface area contributed by atoms with E-state index in [2.05, 4.69) is 20.5 Å². The molecular weight excluding hydrogens is 208 g/mol. The molecule has 0 aliphatic carbocycles. The molecule has 0 aromatic carbocycles. The Labute approximate surface area is 92.8 Å². The van der Waals surface area contributed by atoms with Crippen LogP contribution in [0.3, 0.4) is 0 Å². The second-order valence-corrected chi connectivity index (χ2v) is 4.43. The minimum absolute atomic E-state index is 0.130. The molecule has 2 saturated heterocycles. The van der Waals surface area contributed by atoms with E-state index in [4.69, 9.17) is 4.74 Å². The van der Waals surface area contributed by atoms with Crippen molar-refractivity contribution in [1.29, 1.82) is 0 Å². The fourth-order valence-electron chi connectivity index (χ4n) is 2.47. The molecule has 0 spiro atoms. The average Bonchev–Trinajstić information content (AvgIpc) is 2.92. The summed E-state index contributed by atoms with van der Waals surface area (Å²) in [5.41, 5.74) is 0. The molecule has 2 bridgehead atoms. The van der Waals surface area contributed by atoms with Gasteiger partial charge in [0.15, 0.2) is 0 Å². The highest BCUT2D eigenvalue weighted by Crippen LogP contribution is 2.34. The molecule has 6 nitrogen and oxygen atoms in total. The Morgan fingerprint density at radius 3 is 3.00 bits per heavy atom. The van der Waals surface area contributed by atoms with Gasteiger partial charge in [0.1, 0.15) is 5.82 Å². The van der Waals surface area contributed by atoms with Crippen LogP contribution >= 0.6 is 0 Å². The SMILES string of the molecule is Cc1nc(C(=O)NC2CC3CCC2O3)n[nH]1. The van der Waals surface area contributed by atoms with Gasteiger partial charge in [0.05, 0.1) is 18.2 Å². The lowest BCUT2D eigenvalue weighted by Crippen LogP contribution is -2.41. The van der Waals surface area contributed by atoms with Crippen LogP contribution in [0.15, 0.2) is 0 Å². The highest BCUT2D eigenvalue weighted by atomic mass is 16.5. The van der Waals surface area contributed by atoms with Crippen LogP contribution in [-0.4, -0.2) is 39.3 Å². The van der Waals surface area contributed by atoms with Crippen LogP contribution in [0.1, 0.15) is 35.7 Å². The number of fused-ring (bicyclic) bond motifs is 2. The third kappa shape index (κ3) is 1.59. The Morgan fingerprint density at radius 1 is 1.56 bits per heavy atom. The van der Waals surface area contributed by atoms with E-state index in [-0.39, 0.29) is 23.9 Å². The number of hydrogen-bond acceptors (Lipinski definition) is 4. The lowest BCUT2D eigenvalue weighted by Gasteiger charge is -2.18. The molecule has 1 amide bonds. The quantitative estimate of drug-likeness (QED) is 0.747. The van der Waals surface area contributed by atoms with Gasteiger partial charge in [0, 0.05) is 0 Å². The number of carbonyl (C=O) groups excluding carboxylic acids is 1. The van der Waals surface area contributed by atoms with Crippen LogP contribution in [0.4, 0.5) is 0 Å². The van der Waals surface area contributed by atoms with E-state index in [1.54, 1.807) is 6.92 Å². The van der Waals surface area contributed by atoms with Gasteiger partial charge < -0.3 is 10.1 Å². The van der Waals surface area contributed by atoms with Crippen LogP contribution < -0.4 is 5.32 Å². The first kappa shape index (κ1) is 9.77. The third-order valence-electron chi connectivity index (χ3n) is 3.22. The number of aryl methyl sites for hydroxylation is 1. The first-order chi connectivity index (χ1) is 7.72. The number of hydrogen-bond donors (Lipinski definition) is 2. The Kier molecular flexibility index (Phi) is 2.17. The molecule has 0 saturated carbocycles. The number of aromatic amines is 1. The summed E-state index contributed by atoms with van der Waals surface area (Å²) in [6.07, 6.45) is 3.61. The van der Waals surface area contributed by atoms with E-state index < -0.39 is 0 Å². The van der Waals surface area contributed by atoms with Crippen molar-refractivity contribution in [2.45, 2.75) is 44.4 Å². The van der Waals surface area contributed by atoms with Crippen molar-refractivity contribution in [1.82, 2.24) is 20.5 Å². The molecule has 3 heterocycles. The fraction of sp³-hybridized carbons (Fsp3) is 0.700. The van der Waals surface area contributed by atoms with E-state index in [0.29, 0.717) is 11.9 Å². The van der Waals surface area contributed by atoms with Crippen molar-refractivity contribution in [2.24, 2.45) is 0 Å². The Bertz CT molecular complexity index is 417. The zero-order valence-electron chi connectivity index (χ0n) is 9.06. The predicted octanol–water partition coefficient (Wildman–Crippen LogP) is 0.163. The zero-order valence-corrected chi connectivity index (χ0v) is 9.06. The maximum Gasteiger partial charge on any atom is 0.291 e. The second kappa shape index (κ2) is 3.55. The lowest BCUT2D eigenvalue weighted by molar-refractivity contribution is 0.0834. The summed E-state index contributed by atoms with van der Waals surface area (Å²) in [6, 6.07) is 0.130. The van der Waals surface area contributed by atoms with Crippen molar-refractivity contribution < 1.29 is 9.53 Å². The van der Waals surface area contributed by atoms with E-state index in [1.807, 2.05) is 0 Å². The van der Waals surface area contributed by atoms with Crippen molar-refractivity contribution >= 4 is 5.91 Å². The number of aromatic nitrogens is 3. The summed E-state index contributed by atoms with van der Waals surface area (Å²) in [6.45, 7) is 1.77. The largest absolute Gasteiger partial charge is 0.373 e. The number of amides is 1. The highest BCUT2D eigenvalue weighted by molar-refractivity contribution is 5.90. The van der Waals surface area contributed by atoms with Gasteiger partial charge in [0.2, 0.25) is 5.82 Å². The van der Waals surface area contributed by atoms with E-state index >= 15 is 0 Å². The molecule has 1 aromatic rings. The predicted molar refractivity (Wildman–Crippen MR) is 54.9 cm³/mol. The highest BCUT2D eigenvalue weighted by Gasteiger charge is 2.41. The molecule has 0 radical (unpaired) electrons. The Morgan fingerprint density at radius 2 is 2.44 bits per heavy atom. The summed E-state index contributed by atoms with van der Waals surface area (Å²) < 4.78 is 5.66. The molecule has 3 unspecified atom stereocenters. The van der Waals surface area contributed by atoms with Crippen molar-refractivity contribution in [2.75, 3.05) is 0 Å². The molecule has 1 aromatic heterocycles. The summed E-state index contributed by atoms with van der Waals surface area (Å²) in [7, 11) is 0. The molecule has 3 rings (SSSR count). The summed E-state index contributed by atoms with van der Waals surface area (Å²) >= 11 is 0. The van der Waals surface area contributed by atoms with Crippen LogP contribution in [0.5, 0.6) is 0 Å². The number of ether oxygens (including phenoxy) is 1. The molecule has 16 heavy (non-hydrogen) atoms. The zero-order chi connectivity index (χ0) is 11.1. The van der Waals surface area contributed by atoms with Crippen molar-refractivity contribution in [3.05, 3.63) is 11.6 Å². The monoisotopic (exact) mass is 222 g/mol. The summed E-state index contributed by atoms with van der Waals surface area (Å²) in [5.74, 6) is 0.639. The van der Waals surface area contributed by atoms with Gasteiger partial charge in [-0.1, -0.05) is 0 Å². The van der Waals surface area contributed by atoms with E-state index in [1.165, 1.54) is 0 Å². The van der Waals surface area contributed by atoms with E-state index in [0.717, 1.165) is 19.3 Å². The lowest BCUT2D eigenvalue weighted by atomic mass is 9.95. The van der Waals surface area contributed by atoms with Gasteiger partial charge in [-0.2, -0.15) is 0 Å². The average molecular weight is 222 g/mol.